The number of sulfonamides is 1. The molecule has 2 N–H and O–H groups in total. The van der Waals surface area contributed by atoms with E-state index in [4.69, 9.17) is 0 Å². The third-order valence-corrected chi connectivity index (χ3v) is 5.46. The lowest BCUT2D eigenvalue weighted by Crippen LogP contribution is -2.43. The van der Waals surface area contributed by atoms with Gasteiger partial charge in [-0.05, 0) is 24.0 Å². The van der Waals surface area contributed by atoms with Crippen molar-refractivity contribution in [3.8, 4) is 0 Å². The average Bonchev–Trinajstić information content (AvgIpc) is 2.90. The first kappa shape index (κ1) is 17.9. The molecule has 1 atom stereocenters. The van der Waals surface area contributed by atoms with Crippen molar-refractivity contribution in [2.75, 3.05) is 19.3 Å². The summed E-state index contributed by atoms with van der Waals surface area (Å²) >= 11 is 0. The molecule has 0 saturated carbocycles. The largest absolute Gasteiger partial charge is 0.356 e. The molecule has 0 unspecified atom stereocenters. The third kappa shape index (κ3) is 3.72. The van der Waals surface area contributed by atoms with Crippen LogP contribution in [0.25, 0.3) is 10.9 Å². The van der Waals surface area contributed by atoms with E-state index < -0.39 is 10.0 Å². The number of fused-ring (bicyclic) bond motifs is 3. The van der Waals surface area contributed by atoms with Crippen molar-refractivity contribution >= 4 is 26.8 Å². The highest BCUT2D eigenvalue weighted by Gasteiger charge is 2.34. The number of para-hydroxylation sites is 1. The zero-order valence-corrected chi connectivity index (χ0v) is 15.7. The van der Waals surface area contributed by atoms with Crippen molar-refractivity contribution in [2.24, 2.45) is 5.92 Å². The Balaban J connectivity index is 1.85. The molecule has 6 nitrogen and oxygen atoms in total. The monoisotopic (exact) mass is 363 g/mol. The smallest absolute Gasteiger partial charge is 0.224 e. The summed E-state index contributed by atoms with van der Waals surface area (Å²) in [5, 5.41) is 1.23. The van der Waals surface area contributed by atoms with E-state index in [1.54, 1.807) is 0 Å². The molecule has 0 spiro atoms. The third-order valence-electron chi connectivity index (χ3n) is 4.74. The number of carbonyl (C=O) groups is 1. The topological polar surface area (TPSA) is 82.3 Å². The molecule has 25 heavy (non-hydrogen) atoms. The van der Waals surface area contributed by atoms with Crippen LogP contribution >= 0.6 is 0 Å². The number of hydrogen-bond acceptors (Lipinski definition) is 3. The maximum atomic E-state index is 12.7. The quantitative estimate of drug-likeness (QED) is 0.854. The van der Waals surface area contributed by atoms with E-state index in [2.05, 4.69) is 35.7 Å². The zero-order valence-electron chi connectivity index (χ0n) is 14.9. The number of aromatic amines is 1. The maximum absolute atomic E-state index is 12.7. The van der Waals surface area contributed by atoms with Crippen LogP contribution in [-0.2, 0) is 21.2 Å². The van der Waals surface area contributed by atoms with Crippen molar-refractivity contribution < 1.29 is 13.2 Å². The number of nitrogens with zero attached hydrogens (tertiary/aromatic N) is 1. The van der Waals surface area contributed by atoms with Gasteiger partial charge in [0.1, 0.15) is 0 Å². The van der Waals surface area contributed by atoms with Crippen LogP contribution in [0.3, 0.4) is 0 Å². The Bertz CT molecular complexity index is 886. The Kier molecular flexibility index (Phi) is 4.88. The first-order chi connectivity index (χ1) is 11.8. The van der Waals surface area contributed by atoms with Crippen molar-refractivity contribution in [3.05, 3.63) is 35.5 Å². The Hall–Kier alpha value is -1.86. The van der Waals surface area contributed by atoms with E-state index in [0.717, 1.165) is 23.9 Å². The lowest BCUT2D eigenvalue weighted by Gasteiger charge is -2.38. The summed E-state index contributed by atoms with van der Waals surface area (Å²) in [5.41, 5.74) is 3.52. The SMILES string of the molecule is CC(C)[C@H]1c2[nH]c3ccccc3c2CCN1C(=O)CCNS(C)(=O)=O. The highest BCUT2D eigenvalue weighted by atomic mass is 32.2. The summed E-state index contributed by atoms with van der Waals surface area (Å²) in [4.78, 5) is 18.1. The number of carbonyl (C=O) groups excluding carboxylic acids is 1. The minimum atomic E-state index is -3.27. The van der Waals surface area contributed by atoms with Gasteiger partial charge in [0.15, 0.2) is 0 Å². The van der Waals surface area contributed by atoms with Crippen molar-refractivity contribution in [2.45, 2.75) is 32.7 Å². The molecule has 1 aromatic carbocycles. The lowest BCUT2D eigenvalue weighted by molar-refractivity contribution is -0.135. The molecule has 1 aliphatic heterocycles. The van der Waals surface area contributed by atoms with Gasteiger partial charge in [-0.25, -0.2) is 13.1 Å². The van der Waals surface area contributed by atoms with Gasteiger partial charge in [0, 0.05) is 36.1 Å². The van der Waals surface area contributed by atoms with E-state index in [-0.39, 0.29) is 30.8 Å². The molecule has 0 radical (unpaired) electrons. The molecule has 3 rings (SSSR count). The van der Waals surface area contributed by atoms with E-state index in [1.165, 1.54) is 10.9 Å². The van der Waals surface area contributed by atoms with Crippen LogP contribution in [0, 0.1) is 5.92 Å². The lowest BCUT2D eigenvalue weighted by atomic mass is 9.90. The molecule has 0 aliphatic carbocycles. The summed E-state index contributed by atoms with van der Waals surface area (Å²) in [6.07, 6.45) is 2.09. The van der Waals surface area contributed by atoms with Gasteiger partial charge in [-0.1, -0.05) is 32.0 Å². The van der Waals surface area contributed by atoms with Gasteiger partial charge >= 0.3 is 0 Å². The van der Waals surface area contributed by atoms with Gasteiger partial charge < -0.3 is 9.88 Å². The molecule has 7 heteroatoms. The fraction of sp³-hybridized carbons (Fsp3) is 0.500. The van der Waals surface area contributed by atoms with Crippen LogP contribution in [-0.4, -0.2) is 43.6 Å². The number of benzene rings is 1. The van der Waals surface area contributed by atoms with Crippen LogP contribution in [0.4, 0.5) is 0 Å². The average molecular weight is 363 g/mol. The number of amides is 1. The minimum absolute atomic E-state index is 0.0121. The molecule has 2 aromatic rings. The Morgan fingerprint density at radius 2 is 2.08 bits per heavy atom. The fourth-order valence-electron chi connectivity index (χ4n) is 3.73. The molecule has 1 aliphatic rings. The molecule has 2 heterocycles. The highest BCUT2D eigenvalue weighted by molar-refractivity contribution is 7.88. The zero-order chi connectivity index (χ0) is 18.2. The van der Waals surface area contributed by atoms with Gasteiger partial charge in [0.2, 0.25) is 15.9 Å². The Morgan fingerprint density at radius 3 is 2.76 bits per heavy atom. The van der Waals surface area contributed by atoms with Gasteiger partial charge in [-0.2, -0.15) is 0 Å². The van der Waals surface area contributed by atoms with E-state index in [0.29, 0.717) is 6.54 Å². The Labute approximate surface area is 148 Å². The molecule has 1 amide bonds. The fourth-order valence-corrected chi connectivity index (χ4v) is 4.20. The number of rotatable bonds is 5. The maximum Gasteiger partial charge on any atom is 0.224 e. The predicted octanol–water partition coefficient (Wildman–Crippen LogP) is 2.19. The van der Waals surface area contributed by atoms with Gasteiger partial charge in [-0.15, -0.1) is 0 Å². The summed E-state index contributed by atoms with van der Waals surface area (Å²) in [6.45, 7) is 5.02. The van der Waals surface area contributed by atoms with Gasteiger partial charge in [-0.3, -0.25) is 4.79 Å². The van der Waals surface area contributed by atoms with Crippen LogP contribution in [0.15, 0.2) is 24.3 Å². The van der Waals surface area contributed by atoms with Crippen molar-refractivity contribution in [1.29, 1.82) is 0 Å². The summed E-state index contributed by atoms with van der Waals surface area (Å²) in [6, 6.07) is 8.22. The van der Waals surface area contributed by atoms with Crippen LogP contribution in [0.2, 0.25) is 0 Å². The molecular weight excluding hydrogens is 338 g/mol. The van der Waals surface area contributed by atoms with E-state index in [9.17, 15) is 13.2 Å². The molecule has 136 valence electrons. The molecule has 1 aromatic heterocycles. The van der Waals surface area contributed by atoms with Crippen LogP contribution in [0.5, 0.6) is 0 Å². The van der Waals surface area contributed by atoms with Gasteiger partial charge in [0.25, 0.3) is 0 Å². The number of nitrogens with one attached hydrogen (secondary N) is 2. The first-order valence-electron chi connectivity index (χ1n) is 8.61. The second-order valence-corrected chi connectivity index (χ2v) is 8.84. The molecule has 0 fully saturated rings. The highest BCUT2D eigenvalue weighted by Crippen LogP contribution is 2.38. The number of H-pyrrole nitrogens is 1. The summed E-state index contributed by atoms with van der Waals surface area (Å²) in [5.74, 6) is 0.248. The second kappa shape index (κ2) is 6.80. The summed E-state index contributed by atoms with van der Waals surface area (Å²) < 4.78 is 24.8. The summed E-state index contributed by atoms with van der Waals surface area (Å²) in [7, 11) is -3.27. The standard InChI is InChI=1S/C18H25N3O3S/c1-12(2)18-17-14(13-6-4-5-7-15(13)20-17)9-11-21(18)16(22)8-10-19-25(3,23)24/h4-7,12,18-20H,8-11H2,1-3H3/t18-/m0/s1. The number of hydrogen-bond donors (Lipinski definition) is 2. The molecular formula is C18H25N3O3S. The normalized spacial score (nSPS) is 17.9. The molecule has 0 saturated heterocycles. The van der Waals surface area contributed by atoms with Crippen LogP contribution < -0.4 is 4.72 Å². The van der Waals surface area contributed by atoms with Gasteiger partial charge in [0.05, 0.1) is 12.3 Å². The number of aromatic nitrogens is 1. The minimum Gasteiger partial charge on any atom is -0.356 e. The van der Waals surface area contributed by atoms with Crippen molar-refractivity contribution in [3.63, 3.8) is 0 Å². The second-order valence-electron chi connectivity index (χ2n) is 7.01. The molecule has 0 bridgehead atoms. The first-order valence-corrected chi connectivity index (χ1v) is 10.5. The van der Waals surface area contributed by atoms with E-state index in [1.807, 2.05) is 17.0 Å². The van der Waals surface area contributed by atoms with E-state index >= 15 is 0 Å². The Morgan fingerprint density at radius 1 is 1.36 bits per heavy atom. The predicted molar refractivity (Wildman–Crippen MR) is 98.8 cm³/mol. The van der Waals surface area contributed by atoms with Crippen LogP contribution in [0.1, 0.15) is 37.6 Å². The van der Waals surface area contributed by atoms with Crippen molar-refractivity contribution in [1.82, 2.24) is 14.6 Å².